The molecule has 1 N–H and O–H groups in total. The summed E-state index contributed by atoms with van der Waals surface area (Å²) < 4.78 is 1.07. The van der Waals surface area contributed by atoms with Crippen LogP contribution in [-0.4, -0.2) is 36.6 Å². The van der Waals surface area contributed by atoms with Crippen LogP contribution in [0.5, 0.6) is 0 Å². The Hall–Kier alpha value is -2.31. The first kappa shape index (κ1) is 17.5. The van der Waals surface area contributed by atoms with Gasteiger partial charge in [0, 0.05) is 16.6 Å². The lowest BCUT2D eigenvalue weighted by Gasteiger charge is -2.16. The minimum absolute atomic E-state index is 0.00972. The molecule has 3 rings (SSSR count). The average Bonchev–Trinajstić information content (AvgIpc) is 3.05. The molecule has 0 fully saturated rings. The number of likely N-dealkylation sites (N-methyl/N-ethyl adjacent to an activating group) is 1. The number of para-hydroxylation sites is 1. The number of carbonyl (C=O) groups is 2. The minimum atomic E-state index is -0.210. The number of fused-ring (bicyclic) bond motifs is 1. The van der Waals surface area contributed by atoms with E-state index in [9.17, 15) is 9.59 Å². The second-order valence-corrected chi connectivity index (χ2v) is 7.49. The molecule has 0 aliphatic carbocycles. The van der Waals surface area contributed by atoms with Crippen LogP contribution in [0.3, 0.4) is 0 Å². The van der Waals surface area contributed by atoms with Gasteiger partial charge in [-0.3, -0.25) is 9.59 Å². The van der Waals surface area contributed by atoms with Gasteiger partial charge in [0.25, 0.3) is 5.91 Å². The lowest BCUT2D eigenvalue weighted by molar-refractivity contribution is -0.116. The maximum absolute atomic E-state index is 12.6. The van der Waals surface area contributed by atoms with Crippen molar-refractivity contribution in [1.82, 2.24) is 4.90 Å². The number of rotatable bonds is 5. The summed E-state index contributed by atoms with van der Waals surface area (Å²) in [5, 5.41) is 3.92. The van der Waals surface area contributed by atoms with Crippen molar-refractivity contribution in [1.29, 1.82) is 0 Å². The Morgan fingerprint density at radius 1 is 1.12 bits per heavy atom. The standard InChI is InChI=1S/C19H18N2O2S2/c1-21(12-18(22)20-14-8-4-6-10-16(14)24-2)19(23)17-11-13-7-3-5-9-15(13)25-17/h3-11H,12H2,1-2H3,(H,20,22). The summed E-state index contributed by atoms with van der Waals surface area (Å²) in [7, 11) is 1.65. The third-order valence-corrected chi connectivity index (χ3v) is 5.64. The van der Waals surface area contributed by atoms with Crippen LogP contribution in [0.25, 0.3) is 10.1 Å². The molecule has 0 radical (unpaired) electrons. The number of nitrogens with zero attached hydrogens (tertiary/aromatic N) is 1. The summed E-state index contributed by atoms with van der Waals surface area (Å²) in [6.45, 7) is 0.00972. The largest absolute Gasteiger partial charge is 0.332 e. The molecule has 0 spiro atoms. The van der Waals surface area contributed by atoms with E-state index in [0.717, 1.165) is 20.7 Å². The molecule has 6 heteroatoms. The SMILES string of the molecule is CSc1ccccc1NC(=O)CN(C)C(=O)c1cc2ccccc2s1. The van der Waals surface area contributed by atoms with Gasteiger partial charge >= 0.3 is 0 Å². The van der Waals surface area contributed by atoms with Gasteiger partial charge in [-0.05, 0) is 35.9 Å². The molecule has 3 aromatic rings. The molecule has 0 atom stereocenters. The average molecular weight is 370 g/mol. The molecular weight excluding hydrogens is 352 g/mol. The lowest BCUT2D eigenvalue weighted by Crippen LogP contribution is -2.34. The van der Waals surface area contributed by atoms with E-state index < -0.39 is 0 Å². The quantitative estimate of drug-likeness (QED) is 0.680. The molecule has 1 aromatic heterocycles. The van der Waals surface area contributed by atoms with Gasteiger partial charge in [0.15, 0.2) is 0 Å². The summed E-state index contributed by atoms with van der Waals surface area (Å²) in [5.41, 5.74) is 0.766. The monoisotopic (exact) mass is 370 g/mol. The molecule has 4 nitrogen and oxygen atoms in total. The van der Waals surface area contributed by atoms with Gasteiger partial charge in [-0.25, -0.2) is 0 Å². The summed E-state index contributed by atoms with van der Waals surface area (Å²) >= 11 is 3.01. The Bertz CT molecular complexity index is 887. The molecule has 2 amide bonds. The maximum atomic E-state index is 12.6. The summed E-state index contributed by atoms with van der Waals surface area (Å²) in [6, 6.07) is 17.4. The fourth-order valence-corrected chi connectivity index (χ4v) is 4.11. The fraction of sp³-hybridized carbons (Fsp3) is 0.158. The first-order valence-corrected chi connectivity index (χ1v) is 9.79. The number of hydrogen-bond acceptors (Lipinski definition) is 4. The van der Waals surface area contributed by atoms with Crippen molar-refractivity contribution in [3.8, 4) is 0 Å². The van der Waals surface area contributed by atoms with E-state index in [2.05, 4.69) is 5.32 Å². The third kappa shape index (κ3) is 4.03. The lowest BCUT2D eigenvalue weighted by atomic mass is 10.2. The van der Waals surface area contributed by atoms with Crippen LogP contribution in [0.1, 0.15) is 9.67 Å². The van der Waals surface area contributed by atoms with E-state index in [0.29, 0.717) is 4.88 Å². The van der Waals surface area contributed by atoms with Crippen LogP contribution in [0.2, 0.25) is 0 Å². The van der Waals surface area contributed by atoms with Crippen molar-refractivity contribution in [2.24, 2.45) is 0 Å². The zero-order chi connectivity index (χ0) is 17.8. The molecular formula is C19H18N2O2S2. The van der Waals surface area contributed by atoms with E-state index in [1.807, 2.05) is 60.9 Å². The number of carbonyl (C=O) groups excluding carboxylic acids is 2. The normalized spacial score (nSPS) is 10.6. The smallest absolute Gasteiger partial charge is 0.264 e. The highest BCUT2D eigenvalue weighted by atomic mass is 32.2. The molecule has 1 heterocycles. The van der Waals surface area contributed by atoms with Crippen molar-refractivity contribution in [2.45, 2.75) is 4.90 Å². The molecule has 25 heavy (non-hydrogen) atoms. The number of thiophene rings is 1. The van der Waals surface area contributed by atoms with E-state index in [1.165, 1.54) is 16.2 Å². The van der Waals surface area contributed by atoms with Crippen LogP contribution >= 0.6 is 23.1 Å². The number of anilines is 1. The highest BCUT2D eigenvalue weighted by molar-refractivity contribution is 7.98. The van der Waals surface area contributed by atoms with Crippen LogP contribution in [0, 0.1) is 0 Å². The van der Waals surface area contributed by atoms with Crippen LogP contribution < -0.4 is 5.32 Å². The highest BCUT2D eigenvalue weighted by Crippen LogP contribution is 2.26. The number of benzene rings is 2. The van der Waals surface area contributed by atoms with E-state index in [-0.39, 0.29) is 18.4 Å². The molecule has 0 saturated carbocycles. The van der Waals surface area contributed by atoms with Crippen LogP contribution in [0.15, 0.2) is 59.5 Å². The molecule has 0 aliphatic heterocycles. The van der Waals surface area contributed by atoms with Gasteiger partial charge < -0.3 is 10.2 Å². The predicted molar refractivity (Wildman–Crippen MR) is 106 cm³/mol. The third-order valence-electron chi connectivity index (χ3n) is 3.74. The van der Waals surface area contributed by atoms with Crippen LogP contribution in [-0.2, 0) is 4.79 Å². The number of amides is 2. The summed E-state index contributed by atoms with van der Waals surface area (Å²) in [5.74, 6) is -0.354. The summed E-state index contributed by atoms with van der Waals surface area (Å²) in [4.78, 5) is 27.9. The Morgan fingerprint density at radius 3 is 2.60 bits per heavy atom. The number of thioether (sulfide) groups is 1. The number of nitrogens with one attached hydrogen (secondary N) is 1. The van der Waals surface area contributed by atoms with Crippen molar-refractivity contribution in [3.05, 3.63) is 59.5 Å². The van der Waals surface area contributed by atoms with Crippen molar-refractivity contribution in [2.75, 3.05) is 25.2 Å². The highest BCUT2D eigenvalue weighted by Gasteiger charge is 2.18. The van der Waals surface area contributed by atoms with Gasteiger partial charge in [-0.1, -0.05) is 30.3 Å². The van der Waals surface area contributed by atoms with Crippen molar-refractivity contribution < 1.29 is 9.59 Å². The Balaban J connectivity index is 1.67. The summed E-state index contributed by atoms with van der Waals surface area (Å²) in [6.07, 6.45) is 1.96. The molecule has 0 aliphatic rings. The Kier molecular flexibility index (Phi) is 5.40. The van der Waals surface area contributed by atoms with E-state index >= 15 is 0 Å². The minimum Gasteiger partial charge on any atom is -0.332 e. The second-order valence-electron chi connectivity index (χ2n) is 5.56. The first-order valence-electron chi connectivity index (χ1n) is 7.75. The van der Waals surface area contributed by atoms with Gasteiger partial charge in [0.1, 0.15) is 0 Å². The first-order chi connectivity index (χ1) is 12.1. The molecule has 0 unspecified atom stereocenters. The molecule has 0 saturated heterocycles. The zero-order valence-electron chi connectivity index (χ0n) is 14.0. The van der Waals surface area contributed by atoms with E-state index in [1.54, 1.807) is 18.8 Å². The van der Waals surface area contributed by atoms with Gasteiger partial charge in [0.05, 0.1) is 17.1 Å². The van der Waals surface area contributed by atoms with Gasteiger partial charge in [0.2, 0.25) is 5.91 Å². The zero-order valence-corrected chi connectivity index (χ0v) is 15.6. The second kappa shape index (κ2) is 7.72. The maximum Gasteiger partial charge on any atom is 0.264 e. The van der Waals surface area contributed by atoms with Gasteiger partial charge in [-0.2, -0.15) is 0 Å². The topological polar surface area (TPSA) is 49.4 Å². The molecule has 2 aromatic carbocycles. The van der Waals surface area contributed by atoms with Crippen LogP contribution in [0.4, 0.5) is 5.69 Å². The molecule has 0 bridgehead atoms. The molecule has 128 valence electrons. The Morgan fingerprint density at radius 2 is 1.84 bits per heavy atom. The number of hydrogen-bond donors (Lipinski definition) is 1. The Labute approximate surface area is 154 Å². The van der Waals surface area contributed by atoms with E-state index in [4.69, 9.17) is 0 Å². The van der Waals surface area contributed by atoms with Crippen molar-refractivity contribution in [3.63, 3.8) is 0 Å². The van der Waals surface area contributed by atoms with Gasteiger partial charge in [-0.15, -0.1) is 23.1 Å². The fourth-order valence-electron chi connectivity index (χ4n) is 2.50. The van der Waals surface area contributed by atoms with Crippen molar-refractivity contribution >= 4 is 50.7 Å². The predicted octanol–water partition coefficient (Wildman–Crippen LogP) is 4.33.